The molecule has 0 fully saturated rings. The van der Waals surface area contributed by atoms with Crippen molar-refractivity contribution < 1.29 is 19.2 Å². The van der Waals surface area contributed by atoms with E-state index in [0.717, 1.165) is 42.5 Å². The average Bonchev–Trinajstić information content (AvgIpc) is 3.38. The van der Waals surface area contributed by atoms with Crippen molar-refractivity contribution in [2.24, 2.45) is 5.73 Å². The maximum absolute atomic E-state index is 13.4. The predicted octanol–water partition coefficient (Wildman–Crippen LogP) is 5.13. The van der Waals surface area contributed by atoms with E-state index in [9.17, 15) is 38.4 Å². The second kappa shape index (κ2) is 22.4. The topological polar surface area (TPSA) is 254 Å². The number of fused-ring (bicyclic) bond motifs is 2. The van der Waals surface area contributed by atoms with Gasteiger partial charge in [0.25, 0.3) is 11.1 Å². The van der Waals surface area contributed by atoms with Crippen LogP contribution in [0, 0.1) is 10.8 Å². The minimum absolute atomic E-state index is 0.0341. The Morgan fingerprint density at radius 1 is 0.458 bits per heavy atom. The fourth-order valence-corrected chi connectivity index (χ4v) is 7.87. The van der Waals surface area contributed by atoms with Crippen LogP contribution in [0.1, 0.15) is 74.9 Å². The highest BCUT2D eigenvalue weighted by molar-refractivity contribution is 5.99. The zero-order valence-electron chi connectivity index (χ0n) is 39.7. The molecule has 2 heterocycles. The molecule has 0 spiro atoms. The summed E-state index contributed by atoms with van der Waals surface area (Å²) in [6.07, 6.45) is 0. The summed E-state index contributed by atoms with van der Waals surface area (Å²) in [5.41, 5.74) is 9.65. The molecule has 3 amide bonds. The summed E-state index contributed by atoms with van der Waals surface area (Å²) in [6, 6.07) is 41.5. The minimum Gasteiger partial charge on any atom is -0.366 e. The highest BCUT2D eigenvalue weighted by atomic mass is 16.2. The number of carbonyl (C=O) groups is 4. The van der Waals surface area contributed by atoms with Crippen LogP contribution in [0.15, 0.2) is 165 Å². The van der Waals surface area contributed by atoms with Gasteiger partial charge in [-0.2, -0.15) is 0 Å². The monoisotopic (exact) mass is 965 g/mol. The first kappa shape index (κ1) is 50.5. The Labute approximate surface area is 411 Å². The molecule has 8 rings (SSSR count). The number of nitrogens with one attached hydrogen (secondary N) is 4. The number of rotatable bonds is 16. The number of carbonyl (C=O) groups excluding carboxylic acids is 4. The van der Waals surface area contributed by atoms with Crippen molar-refractivity contribution in [3.63, 3.8) is 0 Å². The third-order valence-electron chi connectivity index (χ3n) is 11.9. The first-order valence-corrected chi connectivity index (χ1v) is 22.7. The van der Waals surface area contributed by atoms with Crippen LogP contribution >= 0.6 is 0 Å². The Hall–Kier alpha value is -9.38. The van der Waals surface area contributed by atoms with E-state index in [-0.39, 0.29) is 72.4 Å². The van der Waals surface area contributed by atoms with E-state index in [4.69, 9.17) is 16.6 Å². The lowest BCUT2D eigenvalue weighted by Crippen LogP contribution is -2.42. The fraction of sp³-hybridized carbons (Fsp3) is 0.164. The number of amides is 3. The summed E-state index contributed by atoms with van der Waals surface area (Å²) in [7, 11) is 0. The first-order chi connectivity index (χ1) is 34.5. The molecule has 6 N–H and O–H groups in total. The number of ketones is 1. The highest BCUT2D eigenvalue weighted by Crippen LogP contribution is 2.15. The standard InChI is InChI=1S/C28H26N4O4.C27H25N5O4/c1-18(29)22-10-8-20(9-11-22)15-30-26(34)17-31-25-14-23(19(2)33)12-13-24(25)27(35)32(28(31)36)16-21-6-4-3-5-7-21;1-17(28)20-9-7-18(8-10-20)14-30-24(33)16-31-23-13-21(25(29)34)11-12-22(23)26(35)32(27(31)36)15-19-5-3-2-4-6-19/h3-14,29H,15-17H2,1-2H3,(H,30,34);2-13,28H,14-16H2,1H3,(H2,29,34)(H,30,33). The molecule has 0 aliphatic carbocycles. The van der Waals surface area contributed by atoms with Crippen molar-refractivity contribution in [1.29, 1.82) is 10.8 Å². The Balaban J connectivity index is 0.000000211. The van der Waals surface area contributed by atoms with Crippen LogP contribution in [0.5, 0.6) is 0 Å². The molecule has 17 nitrogen and oxygen atoms in total. The largest absolute Gasteiger partial charge is 0.366 e. The lowest BCUT2D eigenvalue weighted by molar-refractivity contribution is -0.122. The normalized spacial score (nSPS) is 10.8. The predicted molar refractivity (Wildman–Crippen MR) is 276 cm³/mol. The van der Waals surface area contributed by atoms with Gasteiger partial charge in [-0.3, -0.25) is 47.0 Å². The van der Waals surface area contributed by atoms with Crippen LogP contribution in [0.2, 0.25) is 0 Å². The smallest absolute Gasteiger partial charge is 0.332 e. The Bertz CT molecular complexity index is 3410. The Kier molecular flexibility index (Phi) is 15.7. The minimum atomic E-state index is -0.711. The molecule has 0 aliphatic rings. The van der Waals surface area contributed by atoms with Crippen LogP contribution in [-0.4, -0.2) is 53.2 Å². The molecule has 0 aliphatic heterocycles. The van der Waals surface area contributed by atoms with E-state index in [2.05, 4.69) is 10.6 Å². The van der Waals surface area contributed by atoms with Crippen molar-refractivity contribution in [2.75, 3.05) is 0 Å². The molecule has 0 radical (unpaired) electrons. The third-order valence-corrected chi connectivity index (χ3v) is 11.9. The number of benzene rings is 6. The second-order valence-corrected chi connectivity index (χ2v) is 17.1. The Morgan fingerprint density at radius 3 is 1.18 bits per heavy atom. The van der Waals surface area contributed by atoms with Crippen LogP contribution in [0.25, 0.3) is 21.8 Å². The van der Waals surface area contributed by atoms with Crippen molar-refractivity contribution in [1.82, 2.24) is 28.9 Å². The average molecular weight is 966 g/mol. The van der Waals surface area contributed by atoms with Crippen molar-refractivity contribution in [2.45, 2.75) is 60.0 Å². The maximum Gasteiger partial charge on any atom is 0.332 e. The van der Waals surface area contributed by atoms with Gasteiger partial charge in [0.2, 0.25) is 17.7 Å². The van der Waals surface area contributed by atoms with E-state index < -0.39 is 40.2 Å². The molecule has 0 bridgehead atoms. The van der Waals surface area contributed by atoms with Gasteiger partial charge in [-0.25, -0.2) is 9.59 Å². The summed E-state index contributed by atoms with van der Waals surface area (Å²) in [5, 5.41) is 21.4. The van der Waals surface area contributed by atoms with Gasteiger partial charge in [-0.05, 0) is 84.5 Å². The SMILES string of the molecule is CC(=N)c1ccc(CNC(=O)Cn2c(=O)n(Cc3ccccc3)c(=O)c3ccc(C(C)=O)cc32)cc1.CC(=N)c1ccc(CNC(=O)Cn2c(=O)n(Cc3ccccc3)c(=O)c3ccc(C(N)=O)cc32)cc1. The lowest BCUT2D eigenvalue weighted by Gasteiger charge is -2.15. The van der Waals surface area contributed by atoms with Gasteiger partial charge >= 0.3 is 11.4 Å². The zero-order chi connectivity index (χ0) is 51.6. The molecule has 8 aromatic rings. The van der Waals surface area contributed by atoms with Crippen LogP contribution in [0.4, 0.5) is 0 Å². The molecule has 0 saturated carbocycles. The van der Waals surface area contributed by atoms with Crippen molar-refractivity contribution in [3.8, 4) is 0 Å². The number of nitrogens with two attached hydrogens (primary N) is 1. The molecule has 6 aromatic carbocycles. The van der Waals surface area contributed by atoms with E-state index >= 15 is 0 Å². The maximum atomic E-state index is 13.4. The number of nitrogens with zero attached hydrogens (tertiary/aromatic N) is 4. The van der Waals surface area contributed by atoms with Gasteiger partial charge in [0.05, 0.1) is 34.9 Å². The molecule has 17 heteroatoms. The van der Waals surface area contributed by atoms with E-state index in [1.165, 1.54) is 46.4 Å². The zero-order valence-corrected chi connectivity index (χ0v) is 39.7. The Morgan fingerprint density at radius 2 is 0.819 bits per heavy atom. The third kappa shape index (κ3) is 11.9. The molecule has 0 unspecified atom stereocenters. The number of aromatic nitrogens is 4. The van der Waals surface area contributed by atoms with Gasteiger partial charge in [-0.15, -0.1) is 0 Å². The summed E-state index contributed by atoms with van der Waals surface area (Å²) in [6.45, 7) is 4.68. The van der Waals surface area contributed by atoms with E-state index in [1.54, 1.807) is 44.2 Å². The summed E-state index contributed by atoms with van der Waals surface area (Å²) in [5.74, 6) is -1.78. The quantitative estimate of drug-likeness (QED) is 0.0639. The molecular weight excluding hydrogens is 915 g/mol. The van der Waals surface area contributed by atoms with Gasteiger partial charge < -0.3 is 27.2 Å². The highest BCUT2D eigenvalue weighted by Gasteiger charge is 2.19. The molecule has 364 valence electrons. The van der Waals surface area contributed by atoms with Gasteiger partial charge in [0.15, 0.2) is 5.78 Å². The van der Waals surface area contributed by atoms with Gasteiger partial charge in [0.1, 0.15) is 13.1 Å². The molecule has 72 heavy (non-hydrogen) atoms. The number of hydrogen-bond acceptors (Lipinski definition) is 10. The lowest BCUT2D eigenvalue weighted by atomic mass is 10.1. The number of hydrogen-bond donors (Lipinski definition) is 5. The van der Waals surface area contributed by atoms with Crippen LogP contribution < -0.4 is 38.9 Å². The van der Waals surface area contributed by atoms with Crippen molar-refractivity contribution >= 4 is 56.7 Å². The number of Topliss-reactive ketones (excluding diaryl/α,β-unsaturated/α-hetero) is 1. The van der Waals surface area contributed by atoms with Crippen molar-refractivity contribution in [3.05, 3.63) is 232 Å². The molecule has 0 saturated heterocycles. The van der Waals surface area contributed by atoms with E-state index in [0.29, 0.717) is 17.0 Å². The molecule has 0 atom stereocenters. The molecular formula is C55H51N9O8. The fourth-order valence-electron chi connectivity index (χ4n) is 7.87. The van der Waals surface area contributed by atoms with Crippen LogP contribution in [-0.2, 0) is 48.9 Å². The second-order valence-electron chi connectivity index (χ2n) is 17.1. The van der Waals surface area contributed by atoms with Gasteiger partial charge in [0, 0.05) is 35.6 Å². The van der Waals surface area contributed by atoms with Crippen LogP contribution in [0.3, 0.4) is 0 Å². The van der Waals surface area contributed by atoms with E-state index in [1.807, 2.05) is 84.9 Å². The summed E-state index contributed by atoms with van der Waals surface area (Å²) in [4.78, 5) is 103. The molecule has 2 aromatic heterocycles. The summed E-state index contributed by atoms with van der Waals surface area (Å²) >= 11 is 0. The number of primary amides is 1. The van der Waals surface area contributed by atoms with Gasteiger partial charge in [-0.1, -0.05) is 115 Å². The summed E-state index contributed by atoms with van der Waals surface area (Å²) < 4.78 is 4.61. The first-order valence-electron chi connectivity index (χ1n) is 22.7.